The van der Waals surface area contributed by atoms with Gasteiger partial charge >= 0.3 is 0 Å². The molecule has 0 aliphatic heterocycles. The van der Waals surface area contributed by atoms with Crippen molar-refractivity contribution in [1.29, 1.82) is 0 Å². The Morgan fingerprint density at radius 3 is 2.62 bits per heavy atom. The van der Waals surface area contributed by atoms with E-state index in [0.717, 1.165) is 11.0 Å². The summed E-state index contributed by atoms with van der Waals surface area (Å²) in [5.41, 5.74) is 0.571. The average Bonchev–Trinajstić information content (AvgIpc) is 2.27. The fourth-order valence-electron chi connectivity index (χ4n) is 1.19. The minimum Gasteiger partial charge on any atom is -0.284 e. The molecule has 0 fully saturated rings. The lowest BCUT2D eigenvalue weighted by Gasteiger charge is -2.10. The second-order valence-corrected chi connectivity index (χ2v) is 3.28. The molecule has 2 amide bonds. The average molecular weight is 222 g/mol. The molecule has 6 nitrogen and oxygen atoms in total. The highest BCUT2D eigenvalue weighted by Crippen LogP contribution is 2.18. The molecule has 0 aromatic heterocycles. The molecule has 0 unspecified atom stereocenters. The van der Waals surface area contributed by atoms with Crippen molar-refractivity contribution in [3.63, 3.8) is 0 Å². The summed E-state index contributed by atoms with van der Waals surface area (Å²) < 4.78 is 0. The largest absolute Gasteiger partial charge is 0.284 e. The molecular formula is C10H10N2O4. The predicted molar refractivity (Wildman–Crippen MR) is 56.0 cm³/mol. The van der Waals surface area contributed by atoms with E-state index in [-0.39, 0.29) is 11.3 Å². The summed E-state index contributed by atoms with van der Waals surface area (Å²) in [6, 6.07) is 3.95. The number of aryl methyl sites for hydroxylation is 1. The number of carbonyl (C=O) groups is 2. The maximum Gasteiger partial charge on any atom is 0.270 e. The summed E-state index contributed by atoms with van der Waals surface area (Å²) in [6.45, 7) is 1.65. The van der Waals surface area contributed by atoms with Crippen molar-refractivity contribution in [3.05, 3.63) is 39.4 Å². The van der Waals surface area contributed by atoms with E-state index in [0.29, 0.717) is 12.0 Å². The van der Waals surface area contributed by atoms with Crippen LogP contribution in [0, 0.1) is 17.0 Å². The van der Waals surface area contributed by atoms with Crippen LogP contribution in [0.1, 0.15) is 15.9 Å². The first-order chi connectivity index (χ1) is 7.47. The number of hydrogen-bond acceptors (Lipinski definition) is 4. The number of nitro groups is 1. The van der Waals surface area contributed by atoms with Gasteiger partial charge in [0.15, 0.2) is 0 Å². The Balaban J connectivity index is 3.21. The Kier molecular flexibility index (Phi) is 3.34. The third-order valence-corrected chi connectivity index (χ3v) is 2.14. The number of nitrogens with zero attached hydrogens (tertiary/aromatic N) is 2. The number of imide groups is 1. The molecule has 6 heteroatoms. The second-order valence-electron chi connectivity index (χ2n) is 3.28. The summed E-state index contributed by atoms with van der Waals surface area (Å²) in [5, 5.41) is 10.5. The standard InChI is InChI=1S/C10H10N2O4/c1-7-3-4-8(12(15)16)5-9(7)10(14)11(2)6-13/h3-6H,1-2H3. The van der Waals surface area contributed by atoms with Crippen LogP contribution in [0.15, 0.2) is 18.2 Å². The van der Waals surface area contributed by atoms with Gasteiger partial charge in [0, 0.05) is 24.7 Å². The van der Waals surface area contributed by atoms with Gasteiger partial charge in [-0.15, -0.1) is 0 Å². The van der Waals surface area contributed by atoms with Crippen LogP contribution < -0.4 is 0 Å². The first-order valence-electron chi connectivity index (χ1n) is 4.45. The van der Waals surface area contributed by atoms with Gasteiger partial charge in [-0.05, 0) is 12.5 Å². The third-order valence-electron chi connectivity index (χ3n) is 2.14. The van der Waals surface area contributed by atoms with Crippen LogP contribution in [0.2, 0.25) is 0 Å². The Morgan fingerprint density at radius 2 is 2.12 bits per heavy atom. The highest BCUT2D eigenvalue weighted by molar-refractivity contribution is 6.01. The number of non-ortho nitro benzene ring substituents is 1. The van der Waals surface area contributed by atoms with Crippen LogP contribution in [-0.4, -0.2) is 29.2 Å². The van der Waals surface area contributed by atoms with Crippen molar-refractivity contribution >= 4 is 18.0 Å². The number of rotatable bonds is 3. The molecule has 0 saturated carbocycles. The summed E-state index contributed by atoms with van der Waals surface area (Å²) in [7, 11) is 1.30. The van der Waals surface area contributed by atoms with Gasteiger partial charge in [0.2, 0.25) is 6.41 Å². The van der Waals surface area contributed by atoms with Gasteiger partial charge in [0.05, 0.1) is 4.92 Å². The summed E-state index contributed by atoms with van der Waals surface area (Å²) in [6.07, 6.45) is 0.362. The Bertz CT molecular complexity index is 456. The fourth-order valence-corrected chi connectivity index (χ4v) is 1.19. The number of carbonyl (C=O) groups excluding carboxylic acids is 2. The van der Waals surface area contributed by atoms with E-state index < -0.39 is 10.8 Å². The SMILES string of the molecule is Cc1ccc([N+](=O)[O-])cc1C(=O)N(C)C=O. The lowest BCUT2D eigenvalue weighted by atomic mass is 10.1. The fraction of sp³-hybridized carbons (Fsp3) is 0.200. The van der Waals surface area contributed by atoms with Gasteiger partial charge < -0.3 is 0 Å². The molecule has 0 bridgehead atoms. The first-order valence-corrected chi connectivity index (χ1v) is 4.45. The van der Waals surface area contributed by atoms with Crippen molar-refractivity contribution in [2.24, 2.45) is 0 Å². The van der Waals surface area contributed by atoms with E-state index >= 15 is 0 Å². The lowest BCUT2D eigenvalue weighted by Crippen LogP contribution is -2.25. The summed E-state index contributed by atoms with van der Waals surface area (Å²) in [5.74, 6) is -0.559. The lowest BCUT2D eigenvalue weighted by molar-refractivity contribution is -0.384. The number of amides is 2. The van der Waals surface area contributed by atoms with E-state index in [1.807, 2.05) is 0 Å². The summed E-state index contributed by atoms with van der Waals surface area (Å²) in [4.78, 5) is 32.9. The normalized spacial score (nSPS) is 9.62. The van der Waals surface area contributed by atoms with Crippen molar-refractivity contribution in [3.8, 4) is 0 Å². The molecule has 1 aromatic rings. The highest BCUT2D eigenvalue weighted by Gasteiger charge is 2.17. The van der Waals surface area contributed by atoms with Gasteiger partial charge in [0.1, 0.15) is 0 Å². The smallest absolute Gasteiger partial charge is 0.270 e. The van der Waals surface area contributed by atoms with Crippen molar-refractivity contribution in [1.82, 2.24) is 4.90 Å². The van der Waals surface area contributed by atoms with E-state index in [4.69, 9.17) is 0 Å². The van der Waals surface area contributed by atoms with Gasteiger partial charge in [-0.3, -0.25) is 24.6 Å². The van der Waals surface area contributed by atoms with Crippen LogP contribution >= 0.6 is 0 Å². The molecule has 0 aliphatic carbocycles. The highest BCUT2D eigenvalue weighted by atomic mass is 16.6. The third kappa shape index (κ3) is 2.22. The van der Waals surface area contributed by atoms with E-state index in [1.54, 1.807) is 6.92 Å². The molecule has 0 atom stereocenters. The Labute approximate surface area is 91.6 Å². The van der Waals surface area contributed by atoms with Crippen LogP contribution in [-0.2, 0) is 4.79 Å². The number of hydrogen-bond donors (Lipinski definition) is 0. The zero-order valence-corrected chi connectivity index (χ0v) is 8.84. The van der Waals surface area contributed by atoms with Crippen LogP contribution in [0.25, 0.3) is 0 Å². The minimum atomic E-state index is -0.586. The zero-order chi connectivity index (χ0) is 12.3. The molecule has 84 valence electrons. The van der Waals surface area contributed by atoms with E-state index in [1.165, 1.54) is 19.2 Å². The Morgan fingerprint density at radius 1 is 1.50 bits per heavy atom. The Hall–Kier alpha value is -2.24. The quantitative estimate of drug-likeness (QED) is 0.436. The van der Waals surface area contributed by atoms with E-state index in [2.05, 4.69) is 0 Å². The number of nitro benzene ring substituents is 1. The predicted octanol–water partition coefficient (Wildman–Crippen LogP) is 1.13. The molecule has 1 aromatic carbocycles. The molecule has 0 radical (unpaired) electrons. The maximum atomic E-state index is 11.6. The molecule has 0 saturated heterocycles. The van der Waals surface area contributed by atoms with Crippen molar-refractivity contribution in [2.75, 3.05) is 7.05 Å². The molecule has 16 heavy (non-hydrogen) atoms. The van der Waals surface area contributed by atoms with Gasteiger partial charge in [-0.25, -0.2) is 0 Å². The van der Waals surface area contributed by atoms with Crippen molar-refractivity contribution < 1.29 is 14.5 Å². The zero-order valence-electron chi connectivity index (χ0n) is 8.84. The molecule has 0 heterocycles. The molecular weight excluding hydrogens is 212 g/mol. The summed E-state index contributed by atoms with van der Waals surface area (Å²) >= 11 is 0. The second kappa shape index (κ2) is 4.52. The van der Waals surface area contributed by atoms with Gasteiger partial charge in [0.25, 0.3) is 11.6 Å². The molecule has 0 aliphatic rings. The molecule has 0 N–H and O–H groups in total. The molecule has 0 spiro atoms. The minimum absolute atomic E-state index is 0.156. The topological polar surface area (TPSA) is 80.5 Å². The van der Waals surface area contributed by atoms with Crippen molar-refractivity contribution in [2.45, 2.75) is 6.92 Å². The monoisotopic (exact) mass is 222 g/mol. The van der Waals surface area contributed by atoms with Crippen LogP contribution in [0.3, 0.4) is 0 Å². The van der Waals surface area contributed by atoms with Crippen LogP contribution in [0.5, 0.6) is 0 Å². The van der Waals surface area contributed by atoms with E-state index in [9.17, 15) is 19.7 Å². The van der Waals surface area contributed by atoms with Gasteiger partial charge in [-0.1, -0.05) is 6.07 Å². The number of benzene rings is 1. The first kappa shape index (κ1) is 11.8. The van der Waals surface area contributed by atoms with Gasteiger partial charge in [-0.2, -0.15) is 0 Å². The maximum absolute atomic E-state index is 11.6. The molecule has 1 rings (SSSR count). The van der Waals surface area contributed by atoms with Crippen LogP contribution in [0.4, 0.5) is 5.69 Å².